The third kappa shape index (κ3) is 7.48. The van der Waals surface area contributed by atoms with Gasteiger partial charge in [0.1, 0.15) is 12.1 Å². The summed E-state index contributed by atoms with van der Waals surface area (Å²) in [5, 5.41) is 8.01. The first-order valence-electron chi connectivity index (χ1n) is 10.4. The van der Waals surface area contributed by atoms with E-state index in [9.17, 15) is 9.59 Å². The summed E-state index contributed by atoms with van der Waals surface area (Å²) in [4.78, 5) is 26.6. The smallest absolute Gasteiger partial charge is 0.341 e. The van der Waals surface area contributed by atoms with Crippen LogP contribution in [0, 0.1) is 0 Å². The number of amides is 1. The van der Waals surface area contributed by atoms with Gasteiger partial charge in [-0.2, -0.15) is 5.10 Å². The molecule has 3 rings (SSSR count). The Morgan fingerprint density at radius 2 is 2.06 bits per heavy atom. The monoisotopic (exact) mass is 482 g/mol. The SMILES string of the molecule is CC(C)(C)OC(=O)c1cnn(CC(=O)NC[C@H]2CN(Cc3ccc(Cl)c(Cl)c3)CCO2)c1. The summed E-state index contributed by atoms with van der Waals surface area (Å²) in [6.45, 7) is 8.56. The highest BCUT2D eigenvalue weighted by Gasteiger charge is 2.22. The number of aromatic nitrogens is 2. The van der Waals surface area contributed by atoms with Gasteiger partial charge in [0.15, 0.2) is 0 Å². The number of morpholine rings is 1. The number of nitrogens with zero attached hydrogens (tertiary/aromatic N) is 3. The molecule has 10 heteroatoms. The lowest BCUT2D eigenvalue weighted by molar-refractivity contribution is -0.123. The molecule has 1 aromatic carbocycles. The molecule has 1 aliphatic rings. The van der Waals surface area contributed by atoms with E-state index >= 15 is 0 Å². The third-order valence-corrected chi connectivity index (χ3v) is 5.45. The number of ether oxygens (including phenoxy) is 2. The van der Waals surface area contributed by atoms with Gasteiger partial charge in [0.05, 0.1) is 34.5 Å². The number of hydrogen-bond donors (Lipinski definition) is 1. The van der Waals surface area contributed by atoms with E-state index in [-0.39, 0.29) is 18.6 Å². The van der Waals surface area contributed by atoms with Crippen molar-refractivity contribution in [3.05, 3.63) is 51.8 Å². The van der Waals surface area contributed by atoms with Gasteiger partial charge >= 0.3 is 5.97 Å². The predicted octanol–water partition coefficient (Wildman–Crippen LogP) is 3.16. The molecule has 32 heavy (non-hydrogen) atoms. The first kappa shape index (κ1) is 24.5. The van der Waals surface area contributed by atoms with E-state index in [0.29, 0.717) is 35.3 Å². The Morgan fingerprint density at radius 3 is 2.78 bits per heavy atom. The summed E-state index contributed by atoms with van der Waals surface area (Å²) in [5.41, 5.74) is 0.786. The largest absolute Gasteiger partial charge is 0.456 e. The maximum Gasteiger partial charge on any atom is 0.341 e. The maximum absolute atomic E-state index is 12.3. The van der Waals surface area contributed by atoms with Crippen LogP contribution in [0.15, 0.2) is 30.6 Å². The molecule has 1 N–H and O–H groups in total. The van der Waals surface area contributed by atoms with Crippen LogP contribution in [0.3, 0.4) is 0 Å². The van der Waals surface area contributed by atoms with Gasteiger partial charge in [-0.25, -0.2) is 4.79 Å². The van der Waals surface area contributed by atoms with E-state index in [2.05, 4.69) is 15.3 Å². The molecule has 1 fully saturated rings. The third-order valence-electron chi connectivity index (χ3n) is 4.71. The molecule has 2 aromatic rings. The number of halogens is 2. The van der Waals surface area contributed by atoms with Gasteiger partial charge in [0.2, 0.25) is 5.91 Å². The molecule has 2 heterocycles. The van der Waals surface area contributed by atoms with E-state index in [1.165, 1.54) is 17.1 Å². The second-order valence-corrected chi connectivity index (χ2v) is 9.52. The predicted molar refractivity (Wildman–Crippen MR) is 122 cm³/mol. The Hall–Kier alpha value is -2.13. The molecule has 0 bridgehead atoms. The maximum atomic E-state index is 12.3. The average molecular weight is 483 g/mol. The molecule has 0 spiro atoms. The Balaban J connectivity index is 1.44. The zero-order valence-electron chi connectivity index (χ0n) is 18.4. The van der Waals surface area contributed by atoms with Gasteiger partial charge in [-0.05, 0) is 38.5 Å². The standard InChI is InChI=1S/C22H28Cl2N4O4/c1-22(2,3)32-21(30)16-9-26-28(12-16)14-20(29)25-10-17-13-27(6-7-31-17)11-15-4-5-18(23)19(24)8-15/h4-5,8-9,12,17H,6-7,10-11,13-14H2,1-3H3,(H,25,29)/t17-/m0/s1. The topological polar surface area (TPSA) is 85.7 Å². The number of nitrogens with one attached hydrogen (secondary N) is 1. The molecule has 1 saturated heterocycles. The lowest BCUT2D eigenvalue weighted by Crippen LogP contribution is -2.47. The number of carbonyl (C=O) groups is 2. The lowest BCUT2D eigenvalue weighted by Gasteiger charge is -2.33. The summed E-state index contributed by atoms with van der Waals surface area (Å²) in [6.07, 6.45) is 2.78. The highest BCUT2D eigenvalue weighted by Crippen LogP contribution is 2.23. The summed E-state index contributed by atoms with van der Waals surface area (Å²) in [6, 6.07) is 5.61. The van der Waals surface area contributed by atoms with Crippen molar-refractivity contribution < 1.29 is 19.1 Å². The van der Waals surface area contributed by atoms with Crippen molar-refractivity contribution in [1.29, 1.82) is 0 Å². The lowest BCUT2D eigenvalue weighted by atomic mass is 10.2. The van der Waals surface area contributed by atoms with Crippen molar-refractivity contribution in [1.82, 2.24) is 20.0 Å². The van der Waals surface area contributed by atoms with Crippen LogP contribution in [-0.2, 0) is 27.4 Å². The summed E-state index contributed by atoms with van der Waals surface area (Å²) in [5.74, 6) is -0.684. The Kier molecular flexibility index (Phi) is 8.16. The van der Waals surface area contributed by atoms with Crippen LogP contribution in [-0.4, -0.2) is 64.5 Å². The van der Waals surface area contributed by atoms with Crippen molar-refractivity contribution >= 4 is 35.1 Å². The number of esters is 1. The summed E-state index contributed by atoms with van der Waals surface area (Å²) in [7, 11) is 0. The summed E-state index contributed by atoms with van der Waals surface area (Å²) < 4.78 is 12.5. The first-order chi connectivity index (χ1) is 15.1. The zero-order chi connectivity index (χ0) is 23.3. The second kappa shape index (κ2) is 10.7. The fourth-order valence-electron chi connectivity index (χ4n) is 3.27. The van der Waals surface area contributed by atoms with Crippen molar-refractivity contribution in [2.75, 3.05) is 26.2 Å². The van der Waals surface area contributed by atoms with Gasteiger partial charge in [-0.3, -0.25) is 14.4 Å². The number of hydrogen-bond acceptors (Lipinski definition) is 6. The molecule has 0 saturated carbocycles. The number of benzene rings is 1. The molecule has 1 aliphatic heterocycles. The van der Waals surface area contributed by atoms with E-state index in [1.54, 1.807) is 26.8 Å². The minimum Gasteiger partial charge on any atom is -0.456 e. The van der Waals surface area contributed by atoms with Crippen LogP contribution < -0.4 is 5.32 Å². The molecule has 0 radical (unpaired) electrons. The highest BCUT2D eigenvalue weighted by molar-refractivity contribution is 6.42. The van der Waals surface area contributed by atoms with E-state index in [1.807, 2.05) is 12.1 Å². The van der Waals surface area contributed by atoms with Crippen molar-refractivity contribution in [3.63, 3.8) is 0 Å². The number of carbonyl (C=O) groups excluding carboxylic acids is 2. The molecule has 8 nitrogen and oxygen atoms in total. The van der Waals surface area contributed by atoms with Gasteiger partial charge in [-0.1, -0.05) is 29.3 Å². The fourth-order valence-corrected chi connectivity index (χ4v) is 3.59. The van der Waals surface area contributed by atoms with E-state index in [0.717, 1.165) is 18.7 Å². The van der Waals surface area contributed by atoms with Crippen LogP contribution in [0.5, 0.6) is 0 Å². The van der Waals surface area contributed by atoms with Gasteiger partial charge in [0, 0.05) is 32.4 Å². The van der Waals surface area contributed by atoms with Crippen LogP contribution in [0.25, 0.3) is 0 Å². The zero-order valence-corrected chi connectivity index (χ0v) is 19.9. The average Bonchev–Trinajstić information content (AvgIpc) is 3.17. The molecule has 1 aromatic heterocycles. The highest BCUT2D eigenvalue weighted by atomic mass is 35.5. The number of rotatable bonds is 7. The Morgan fingerprint density at radius 1 is 1.28 bits per heavy atom. The Bertz CT molecular complexity index is 958. The fraction of sp³-hybridized carbons (Fsp3) is 0.500. The normalized spacial score (nSPS) is 17.2. The quantitative estimate of drug-likeness (QED) is 0.609. The molecule has 1 atom stereocenters. The summed E-state index contributed by atoms with van der Waals surface area (Å²) >= 11 is 12.1. The van der Waals surface area contributed by atoms with Gasteiger partial charge in [-0.15, -0.1) is 0 Å². The molecule has 0 aliphatic carbocycles. The van der Waals surface area contributed by atoms with Crippen LogP contribution in [0.4, 0.5) is 0 Å². The minimum atomic E-state index is -0.593. The molecular formula is C22H28Cl2N4O4. The van der Waals surface area contributed by atoms with Crippen molar-refractivity contribution in [2.24, 2.45) is 0 Å². The molecule has 1 amide bonds. The van der Waals surface area contributed by atoms with Gasteiger partial charge < -0.3 is 14.8 Å². The Labute approximate surface area is 197 Å². The van der Waals surface area contributed by atoms with E-state index < -0.39 is 11.6 Å². The molecule has 174 valence electrons. The molecular weight excluding hydrogens is 455 g/mol. The van der Waals surface area contributed by atoms with Gasteiger partial charge in [0.25, 0.3) is 0 Å². The minimum absolute atomic E-state index is 0.00249. The first-order valence-corrected chi connectivity index (χ1v) is 11.1. The van der Waals surface area contributed by atoms with Crippen molar-refractivity contribution in [2.45, 2.75) is 45.6 Å². The van der Waals surface area contributed by atoms with E-state index in [4.69, 9.17) is 32.7 Å². The van der Waals surface area contributed by atoms with Crippen LogP contribution in [0.2, 0.25) is 10.0 Å². The molecule has 0 unspecified atom stereocenters. The van der Waals surface area contributed by atoms with Crippen LogP contribution in [0.1, 0.15) is 36.7 Å². The van der Waals surface area contributed by atoms with Crippen molar-refractivity contribution in [3.8, 4) is 0 Å². The van der Waals surface area contributed by atoms with Crippen LogP contribution >= 0.6 is 23.2 Å². The second-order valence-electron chi connectivity index (χ2n) is 8.71.